The molecule has 2 N–H and O–H groups in total. The van der Waals surface area contributed by atoms with Crippen LogP contribution in [0.1, 0.15) is 12.5 Å². The van der Waals surface area contributed by atoms with Crippen molar-refractivity contribution >= 4 is 0 Å². The van der Waals surface area contributed by atoms with E-state index in [1.54, 1.807) is 0 Å². The molecule has 1 saturated heterocycles. The van der Waals surface area contributed by atoms with Gasteiger partial charge in [0.15, 0.2) is 0 Å². The highest BCUT2D eigenvalue weighted by atomic mass is 16.5. The van der Waals surface area contributed by atoms with Gasteiger partial charge in [-0.2, -0.15) is 0 Å². The van der Waals surface area contributed by atoms with Crippen molar-refractivity contribution in [1.29, 1.82) is 0 Å². The Balaban J connectivity index is 2.13. The summed E-state index contributed by atoms with van der Waals surface area (Å²) >= 11 is 0. The first-order valence-corrected chi connectivity index (χ1v) is 6.78. The number of aliphatic hydroxyl groups excluding tert-OH is 2. The molecular formula is C15H23NO3. The van der Waals surface area contributed by atoms with Crippen molar-refractivity contribution < 1.29 is 14.9 Å². The van der Waals surface area contributed by atoms with Crippen LogP contribution in [-0.2, 0) is 10.2 Å². The Hall–Kier alpha value is -0.940. The van der Waals surface area contributed by atoms with Gasteiger partial charge in [-0.25, -0.2) is 0 Å². The maximum atomic E-state index is 9.81. The van der Waals surface area contributed by atoms with Gasteiger partial charge in [-0.3, -0.25) is 4.90 Å². The molecule has 2 unspecified atom stereocenters. The topological polar surface area (TPSA) is 52.9 Å². The maximum Gasteiger partial charge on any atom is 0.0644 e. The van der Waals surface area contributed by atoms with E-state index < -0.39 is 0 Å². The summed E-state index contributed by atoms with van der Waals surface area (Å²) in [5, 5.41) is 19.2. The number of aliphatic hydroxyl groups is 2. The molecule has 1 aromatic rings. The van der Waals surface area contributed by atoms with E-state index in [1.807, 2.05) is 30.3 Å². The Morgan fingerprint density at radius 3 is 2.68 bits per heavy atom. The van der Waals surface area contributed by atoms with Gasteiger partial charge in [0.1, 0.15) is 0 Å². The fraction of sp³-hybridized carbons (Fsp3) is 0.600. The zero-order valence-corrected chi connectivity index (χ0v) is 11.5. The second-order valence-corrected chi connectivity index (χ2v) is 5.47. The highest BCUT2D eigenvalue weighted by Gasteiger charge is 2.32. The molecule has 1 aromatic carbocycles. The van der Waals surface area contributed by atoms with Crippen molar-refractivity contribution in [3.63, 3.8) is 0 Å². The molecule has 1 fully saturated rings. The Morgan fingerprint density at radius 1 is 1.32 bits per heavy atom. The van der Waals surface area contributed by atoms with Crippen molar-refractivity contribution in [3.8, 4) is 0 Å². The normalized spacial score (nSPS) is 24.1. The molecule has 0 bridgehead atoms. The van der Waals surface area contributed by atoms with Crippen LogP contribution in [-0.4, -0.2) is 60.7 Å². The Labute approximate surface area is 114 Å². The first kappa shape index (κ1) is 14.5. The second kappa shape index (κ2) is 6.48. The van der Waals surface area contributed by atoms with E-state index in [2.05, 4.69) is 11.8 Å². The standard InChI is InChI=1S/C15H23NO3/c1-15(12-18,13-5-3-2-4-6-13)11-16-7-8-19-10-14(16)9-17/h2-6,14,17-18H,7-12H2,1H3. The van der Waals surface area contributed by atoms with Crippen LogP contribution in [0.15, 0.2) is 30.3 Å². The summed E-state index contributed by atoms with van der Waals surface area (Å²) < 4.78 is 5.39. The number of rotatable bonds is 5. The molecule has 2 atom stereocenters. The van der Waals surface area contributed by atoms with Crippen LogP contribution >= 0.6 is 0 Å². The van der Waals surface area contributed by atoms with Crippen molar-refractivity contribution in [3.05, 3.63) is 35.9 Å². The van der Waals surface area contributed by atoms with Crippen LogP contribution in [0.5, 0.6) is 0 Å². The summed E-state index contributed by atoms with van der Waals surface area (Å²) in [4.78, 5) is 2.22. The molecule has 0 spiro atoms. The van der Waals surface area contributed by atoms with Crippen LogP contribution in [0, 0.1) is 0 Å². The highest BCUT2D eigenvalue weighted by Crippen LogP contribution is 2.26. The van der Waals surface area contributed by atoms with E-state index in [0.29, 0.717) is 13.2 Å². The molecule has 4 heteroatoms. The number of ether oxygens (including phenoxy) is 1. The summed E-state index contributed by atoms with van der Waals surface area (Å²) in [5.41, 5.74) is 0.812. The van der Waals surface area contributed by atoms with Gasteiger partial charge in [0.25, 0.3) is 0 Å². The van der Waals surface area contributed by atoms with Crippen LogP contribution in [0.2, 0.25) is 0 Å². The average Bonchev–Trinajstić information content (AvgIpc) is 2.48. The van der Waals surface area contributed by atoms with E-state index in [1.165, 1.54) is 0 Å². The third kappa shape index (κ3) is 3.34. The molecule has 2 rings (SSSR count). The zero-order valence-electron chi connectivity index (χ0n) is 11.5. The van der Waals surface area contributed by atoms with E-state index in [0.717, 1.165) is 18.7 Å². The molecule has 0 saturated carbocycles. The molecule has 1 aliphatic rings. The summed E-state index contributed by atoms with van der Waals surface area (Å²) in [6, 6.07) is 10.1. The van der Waals surface area contributed by atoms with Crippen molar-refractivity contribution in [1.82, 2.24) is 4.90 Å². The molecular weight excluding hydrogens is 242 g/mol. The number of hydrogen-bond acceptors (Lipinski definition) is 4. The van der Waals surface area contributed by atoms with Crippen LogP contribution < -0.4 is 0 Å². The quantitative estimate of drug-likeness (QED) is 0.820. The lowest BCUT2D eigenvalue weighted by molar-refractivity contribution is -0.0392. The molecule has 4 nitrogen and oxygen atoms in total. The number of nitrogens with zero attached hydrogens (tertiary/aromatic N) is 1. The Kier molecular flexibility index (Phi) is 4.93. The van der Waals surface area contributed by atoms with Gasteiger partial charge >= 0.3 is 0 Å². The van der Waals surface area contributed by atoms with Gasteiger partial charge < -0.3 is 14.9 Å². The van der Waals surface area contributed by atoms with Gasteiger partial charge in [0.05, 0.1) is 32.5 Å². The molecule has 1 heterocycles. The van der Waals surface area contributed by atoms with E-state index in [9.17, 15) is 10.2 Å². The van der Waals surface area contributed by atoms with Crippen molar-refractivity contribution in [2.45, 2.75) is 18.4 Å². The minimum absolute atomic E-state index is 0.0309. The monoisotopic (exact) mass is 265 g/mol. The average molecular weight is 265 g/mol. The van der Waals surface area contributed by atoms with Gasteiger partial charge in [-0.05, 0) is 5.56 Å². The smallest absolute Gasteiger partial charge is 0.0644 e. The van der Waals surface area contributed by atoms with E-state index >= 15 is 0 Å². The molecule has 0 aromatic heterocycles. The van der Waals surface area contributed by atoms with Crippen molar-refractivity contribution in [2.24, 2.45) is 0 Å². The zero-order chi connectivity index (χ0) is 13.7. The summed E-state index contributed by atoms with van der Waals surface area (Å²) in [7, 11) is 0. The SMILES string of the molecule is CC(CO)(CN1CCOCC1CO)c1ccccc1. The maximum absolute atomic E-state index is 9.81. The second-order valence-electron chi connectivity index (χ2n) is 5.47. The van der Waals surface area contributed by atoms with Gasteiger partial charge in [0.2, 0.25) is 0 Å². The fourth-order valence-corrected chi connectivity index (χ4v) is 2.59. The van der Waals surface area contributed by atoms with Crippen molar-refractivity contribution in [2.75, 3.05) is 39.5 Å². The fourth-order valence-electron chi connectivity index (χ4n) is 2.59. The lowest BCUT2D eigenvalue weighted by Crippen LogP contribution is -2.53. The predicted octanol–water partition coefficient (Wildman–Crippen LogP) is 0.630. The van der Waals surface area contributed by atoms with Crippen LogP contribution in [0.4, 0.5) is 0 Å². The first-order valence-electron chi connectivity index (χ1n) is 6.78. The number of benzene rings is 1. The minimum atomic E-state index is -0.313. The first-order chi connectivity index (χ1) is 9.19. The molecule has 1 aliphatic heterocycles. The third-order valence-corrected chi connectivity index (χ3v) is 3.93. The largest absolute Gasteiger partial charge is 0.395 e. The molecule has 0 radical (unpaired) electrons. The summed E-state index contributed by atoms with van der Waals surface area (Å²) in [6.07, 6.45) is 0. The van der Waals surface area contributed by atoms with Crippen LogP contribution in [0.25, 0.3) is 0 Å². The molecule has 0 amide bonds. The van der Waals surface area contributed by atoms with Gasteiger partial charge in [-0.15, -0.1) is 0 Å². The van der Waals surface area contributed by atoms with Gasteiger partial charge in [-0.1, -0.05) is 37.3 Å². The third-order valence-electron chi connectivity index (χ3n) is 3.93. The minimum Gasteiger partial charge on any atom is -0.395 e. The van der Waals surface area contributed by atoms with Crippen LogP contribution in [0.3, 0.4) is 0 Å². The van der Waals surface area contributed by atoms with Gasteiger partial charge in [0, 0.05) is 18.5 Å². The number of morpholine rings is 1. The lowest BCUT2D eigenvalue weighted by atomic mass is 9.82. The number of hydrogen-bond donors (Lipinski definition) is 2. The Morgan fingerprint density at radius 2 is 2.05 bits per heavy atom. The Bertz CT molecular complexity index is 384. The lowest BCUT2D eigenvalue weighted by Gasteiger charge is -2.40. The molecule has 106 valence electrons. The van der Waals surface area contributed by atoms with E-state index in [-0.39, 0.29) is 24.7 Å². The van der Waals surface area contributed by atoms with E-state index in [4.69, 9.17) is 4.74 Å². The predicted molar refractivity (Wildman–Crippen MR) is 74.1 cm³/mol. The molecule has 19 heavy (non-hydrogen) atoms. The molecule has 0 aliphatic carbocycles. The summed E-state index contributed by atoms with van der Waals surface area (Å²) in [5.74, 6) is 0. The summed E-state index contributed by atoms with van der Waals surface area (Å²) in [6.45, 7) is 5.02. The highest BCUT2D eigenvalue weighted by molar-refractivity contribution is 5.25.